The first kappa shape index (κ1) is 17.3. The smallest absolute Gasteiger partial charge is 0.303 e. The van der Waals surface area contributed by atoms with Crippen molar-refractivity contribution >= 4 is 27.8 Å². The number of carbonyl (C=O) groups is 1. The number of aliphatic carboxylic acids is 1. The topological polar surface area (TPSA) is 70.9 Å². The van der Waals surface area contributed by atoms with Gasteiger partial charge in [0.1, 0.15) is 5.82 Å². The predicted molar refractivity (Wildman–Crippen MR) is 103 cm³/mol. The van der Waals surface area contributed by atoms with Crippen molar-refractivity contribution in [2.45, 2.75) is 32.6 Å². The summed E-state index contributed by atoms with van der Waals surface area (Å²) in [5.41, 5.74) is 4.79. The van der Waals surface area contributed by atoms with E-state index in [9.17, 15) is 14.3 Å². The number of rotatable bonds is 5. The number of nitrogens with zero attached hydrogens (tertiary/aromatic N) is 2. The Balaban J connectivity index is 2.08. The lowest BCUT2D eigenvalue weighted by Gasteiger charge is -2.13. The predicted octanol–water partition coefficient (Wildman–Crippen LogP) is 4.79. The molecule has 138 valence electrons. The number of aromatic nitrogens is 3. The Morgan fingerprint density at radius 1 is 1.26 bits per heavy atom. The molecule has 2 aromatic carbocycles. The van der Waals surface area contributed by atoms with E-state index in [1.807, 2.05) is 6.07 Å². The van der Waals surface area contributed by atoms with E-state index in [0.29, 0.717) is 6.42 Å². The molecule has 0 saturated carbocycles. The van der Waals surface area contributed by atoms with Crippen molar-refractivity contribution in [3.63, 3.8) is 0 Å². The van der Waals surface area contributed by atoms with Gasteiger partial charge in [-0.2, -0.15) is 5.10 Å². The van der Waals surface area contributed by atoms with Gasteiger partial charge in [-0.3, -0.25) is 9.89 Å². The fourth-order valence-electron chi connectivity index (χ4n) is 3.80. The fourth-order valence-corrected chi connectivity index (χ4v) is 3.80. The normalized spacial score (nSPS) is 11.7. The highest BCUT2D eigenvalue weighted by Crippen LogP contribution is 2.37. The molecule has 2 aromatic heterocycles. The Labute approximate surface area is 155 Å². The fraction of sp³-hybridized carbons (Fsp3) is 0.238. The van der Waals surface area contributed by atoms with E-state index >= 15 is 0 Å². The van der Waals surface area contributed by atoms with Crippen molar-refractivity contribution in [2.75, 3.05) is 0 Å². The van der Waals surface area contributed by atoms with Crippen molar-refractivity contribution in [3.05, 3.63) is 59.7 Å². The van der Waals surface area contributed by atoms with Crippen LogP contribution >= 0.6 is 0 Å². The van der Waals surface area contributed by atoms with E-state index in [2.05, 4.69) is 34.7 Å². The summed E-state index contributed by atoms with van der Waals surface area (Å²) >= 11 is 0. The molecule has 2 N–H and O–H groups in total. The zero-order valence-electron chi connectivity index (χ0n) is 15.2. The largest absolute Gasteiger partial charge is 0.481 e. The maximum atomic E-state index is 13.5. The highest BCUT2D eigenvalue weighted by atomic mass is 19.1. The molecule has 0 atom stereocenters. The minimum atomic E-state index is -0.836. The van der Waals surface area contributed by atoms with E-state index in [1.54, 1.807) is 18.3 Å². The first-order valence-corrected chi connectivity index (χ1v) is 8.93. The van der Waals surface area contributed by atoms with Gasteiger partial charge in [0.2, 0.25) is 0 Å². The molecular formula is C21H20FN3O2. The van der Waals surface area contributed by atoms with Gasteiger partial charge >= 0.3 is 5.97 Å². The second-order valence-electron chi connectivity index (χ2n) is 7.05. The van der Waals surface area contributed by atoms with Gasteiger partial charge in [0.25, 0.3) is 0 Å². The Kier molecular flexibility index (Phi) is 4.18. The molecule has 2 heterocycles. The summed E-state index contributed by atoms with van der Waals surface area (Å²) in [4.78, 5) is 11.2. The van der Waals surface area contributed by atoms with Crippen molar-refractivity contribution in [2.24, 2.45) is 0 Å². The number of nitrogens with one attached hydrogen (secondary N) is 1. The third-order valence-electron chi connectivity index (χ3n) is 4.91. The number of benzene rings is 2. The Hall–Kier alpha value is -3.15. The molecule has 0 aliphatic carbocycles. The van der Waals surface area contributed by atoms with Gasteiger partial charge in [-0.05, 0) is 54.3 Å². The van der Waals surface area contributed by atoms with Crippen LogP contribution < -0.4 is 0 Å². The molecule has 0 amide bonds. The number of hydrogen-bond acceptors (Lipinski definition) is 2. The molecule has 27 heavy (non-hydrogen) atoms. The van der Waals surface area contributed by atoms with Crippen LogP contribution in [0.25, 0.3) is 27.5 Å². The molecule has 4 rings (SSSR count). The van der Waals surface area contributed by atoms with Gasteiger partial charge in [-0.15, -0.1) is 0 Å². The lowest BCUT2D eigenvalue weighted by atomic mass is 9.97. The average Bonchev–Trinajstić information content (AvgIpc) is 3.20. The summed E-state index contributed by atoms with van der Waals surface area (Å²) in [5, 5.41) is 18.4. The monoisotopic (exact) mass is 365 g/mol. The summed E-state index contributed by atoms with van der Waals surface area (Å²) in [7, 11) is 0. The maximum Gasteiger partial charge on any atom is 0.303 e. The minimum Gasteiger partial charge on any atom is -0.481 e. The number of H-pyrrole nitrogens is 1. The Morgan fingerprint density at radius 3 is 2.67 bits per heavy atom. The van der Waals surface area contributed by atoms with E-state index in [4.69, 9.17) is 0 Å². The molecule has 0 bridgehead atoms. The van der Waals surface area contributed by atoms with Gasteiger partial charge in [0.15, 0.2) is 0 Å². The number of hydrogen-bond donors (Lipinski definition) is 2. The number of carboxylic acids is 1. The first-order valence-electron chi connectivity index (χ1n) is 8.93. The van der Waals surface area contributed by atoms with Gasteiger partial charge in [-0.1, -0.05) is 13.8 Å². The van der Waals surface area contributed by atoms with Crippen molar-refractivity contribution in [1.29, 1.82) is 0 Å². The second kappa shape index (κ2) is 6.54. The lowest BCUT2D eigenvalue weighted by Crippen LogP contribution is -2.06. The highest BCUT2D eigenvalue weighted by molar-refractivity contribution is 5.98. The van der Waals surface area contributed by atoms with Crippen LogP contribution in [0.3, 0.4) is 0 Å². The van der Waals surface area contributed by atoms with Crippen LogP contribution in [-0.2, 0) is 11.2 Å². The molecule has 5 nitrogen and oxygen atoms in total. The summed E-state index contributed by atoms with van der Waals surface area (Å²) < 4.78 is 15.5. The summed E-state index contributed by atoms with van der Waals surface area (Å²) in [6.07, 6.45) is 2.21. The maximum absolute atomic E-state index is 13.5. The lowest BCUT2D eigenvalue weighted by molar-refractivity contribution is -0.136. The van der Waals surface area contributed by atoms with Crippen molar-refractivity contribution < 1.29 is 14.3 Å². The van der Waals surface area contributed by atoms with Gasteiger partial charge in [0, 0.05) is 22.2 Å². The van der Waals surface area contributed by atoms with Crippen molar-refractivity contribution in [3.8, 4) is 5.69 Å². The molecule has 0 saturated heterocycles. The molecule has 0 fully saturated rings. The standard InChI is InChI=1S/C21H20FN3O2/c1-12(2)21-16-10-17-13(11-23-24-17)9-19(16)25(18(21)7-8-20(26)27)15-5-3-14(22)4-6-15/h3-6,9-12H,7-8H2,1-2H3,(H,23,24)(H,26,27). The van der Waals surface area contributed by atoms with Crippen LogP contribution in [-0.4, -0.2) is 25.8 Å². The third-order valence-corrected chi connectivity index (χ3v) is 4.91. The van der Waals surface area contributed by atoms with Crippen LogP contribution in [0.1, 0.15) is 37.4 Å². The average molecular weight is 365 g/mol. The molecule has 0 aliphatic heterocycles. The van der Waals surface area contributed by atoms with Crippen LogP contribution in [0.2, 0.25) is 0 Å². The Morgan fingerprint density at radius 2 is 2.00 bits per heavy atom. The number of carboxylic acid groups (broad SMARTS) is 1. The van der Waals surface area contributed by atoms with Gasteiger partial charge in [-0.25, -0.2) is 4.39 Å². The highest BCUT2D eigenvalue weighted by Gasteiger charge is 2.22. The summed E-state index contributed by atoms with van der Waals surface area (Å²) in [6, 6.07) is 10.4. The Bertz CT molecular complexity index is 1140. The summed E-state index contributed by atoms with van der Waals surface area (Å²) in [5.74, 6) is -0.932. The van der Waals surface area contributed by atoms with Crippen molar-refractivity contribution in [1.82, 2.24) is 14.8 Å². The third kappa shape index (κ3) is 2.97. The van der Waals surface area contributed by atoms with Crippen LogP contribution in [0.15, 0.2) is 42.6 Å². The molecule has 4 aromatic rings. The quantitative estimate of drug-likeness (QED) is 0.534. The second-order valence-corrected chi connectivity index (χ2v) is 7.05. The SMILES string of the molecule is CC(C)c1c(CCC(=O)O)n(-c2ccc(F)cc2)c2cc3cn[nH]c3cc12. The van der Waals surface area contributed by atoms with Crippen LogP contribution in [0.4, 0.5) is 4.39 Å². The molecule has 0 aliphatic rings. The number of halogens is 1. The van der Waals surface area contributed by atoms with Gasteiger partial charge in [0.05, 0.1) is 23.7 Å². The molecular weight excluding hydrogens is 345 g/mol. The van der Waals surface area contributed by atoms with Crippen LogP contribution in [0.5, 0.6) is 0 Å². The molecule has 0 unspecified atom stereocenters. The first-order chi connectivity index (χ1) is 13.0. The minimum absolute atomic E-state index is 0.0384. The molecule has 0 spiro atoms. The zero-order valence-corrected chi connectivity index (χ0v) is 15.2. The zero-order chi connectivity index (χ0) is 19.1. The van der Waals surface area contributed by atoms with Crippen LogP contribution in [0, 0.1) is 5.82 Å². The van der Waals surface area contributed by atoms with E-state index in [0.717, 1.165) is 38.8 Å². The van der Waals surface area contributed by atoms with E-state index in [1.165, 1.54) is 12.1 Å². The van der Waals surface area contributed by atoms with E-state index in [-0.39, 0.29) is 18.2 Å². The molecule has 0 radical (unpaired) electrons. The number of aromatic amines is 1. The summed E-state index contributed by atoms with van der Waals surface area (Å²) in [6.45, 7) is 4.20. The van der Waals surface area contributed by atoms with E-state index < -0.39 is 5.97 Å². The molecule has 6 heteroatoms. The van der Waals surface area contributed by atoms with Gasteiger partial charge < -0.3 is 9.67 Å². The number of fused-ring (bicyclic) bond motifs is 2.